The molecule has 0 aliphatic heterocycles. The number of nitrogens with zero attached hydrogens (tertiary/aromatic N) is 3. The summed E-state index contributed by atoms with van der Waals surface area (Å²) in [5.41, 5.74) is 1.88. The van der Waals surface area contributed by atoms with E-state index in [-0.39, 0.29) is 11.9 Å². The summed E-state index contributed by atoms with van der Waals surface area (Å²) in [4.78, 5) is 14.6. The van der Waals surface area contributed by atoms with Gasteiger partial charge in [0.05, 0.1) is 23.7 Å². The van der Waals surface area contributed by atoms with Crippen LogP contribution in [-0.4, -0.2) is 33.7 Å². The maximum atomic E-state index is 12.8. The van der Waals surface area contributed by atoms with Crippen LogP contribution in [0.2, 0.25) is 5.02 Å². The minimum atomic E-state index is 0.0856. The molecule has 3 aromatic rings. The van der Waals surface area contributed by atoms with Crippen molar-refractivity contribution < 1.29 is 13.9 Å². The van der Waals surface area contributed by atoms with E-state index < -0.39 is 0 Å². The number of ether oxygens (including phenoxy) is 1. The van der Waals surface area contributed by atoms with Gasteiger partial charge in [0.25, 0.3) is 0 Å². The second-order valence-electron chi connectivity index (χ2n) is 7.50. The fraction of sp³-hybridized carbons (Fsp3) is 0.348. The van der Waals surface area contributed by atoms with Crippen LogP contribution in [-0.2, 0) is 11.3 Å². The zero-order valence-electron chi connectivity index (χ0n) is 16.9. The lowest BCUT2D eigenvalue weighted by Crippen LogP contribution is -2.32. The largest absolute Gasteiger partial charge is 0.494 e. The third kappa shape index (κ3) is 5.19. The first-order valence-electron chi connectivity index (χ1n) is 10.2. The summed E-state index contributed by atoms with van der Waals surface area (Å²) in [6.07, 6.45) is 3.10. The van der Waals surface area contributed by atoms with E-state index in [0.29, 0.717) is 48.4 Å². The summed E-state index contributed by atoms with van der Waals surface area (Å²) < 4.78 is 11.5. The number of carbonyl (C=O) groups excluding carboxylic acids is 1. The van der Waals surface area contributed by atoms with Crippen LogP contribution in [0.4, 0.5) is 0 Å². The van der Waals surface area contributed by atoms with Gasteiger partial charge in [-0.3, -0.25) is 4.79 Å². The number of carbonyl (C=O) groups is 1. The number of halogens is 1. The predicted molar refractivity (Wildman–Crippen MR) is 114 cm³/mol. The van der Waals surface area contributed by atoms with Crippen molar-refractivity contribution in [2.75, 3.05) is 6.61 Å². The quantitative estimate of drug-likeness (QED) is 0.449. The highest BCUT2D eigenvalue weighted by Gasteiger charge is 2.33. The van der Waals surface area contributed by atoms with Crippen molar-refractivity contribution in [3.63, 3.8) is 0 Å². The molecule has 0 N–H and O–H groups in total. The standard InChI is InChI=1S/C23H24ClN3O3/c1-16-8-12-18(13-9-16)29-14-4-7-22(28)27(17-10-11-17)15-21-25-26-23(30-21)19-5-2-3-6-20(19)24/h2-3,5-6,8-9,12-13,17H,4,7,10-11,14-15H2,1H3. The molecule has 1 amide bonds. The van der Waals surface area contributed by atoms with Crippen LogP contribution in [0.25, 0.3) is 11.5 Å². The summed E-state index contributed by atoms with van der Waals surface area (Å²) >= 11 is 6.20. The molecule has 1 fully saturated rings. The minimum absolute atomic E-state index is 0.0856. The average Bonchev–Trinajstić information content (AvgIpc) is 3.49. The lowest BCUT2D eigenvalue weighted by atomic mass is 10.2. The van der Waals surface area contributed by atoms with Crippen molar-refractivity contribution in [2.24, 2.45) is 0 Å². The highest BCUT2D eigenvalue weighted by Crippen LogP contribution is 2.30. The number of amides is 1. The number of hydrogen-bond acceptors (Lipinski definition) is 5. The van der Waals surface area contributed by atoms with Gasteiger partial charge in [-0.1, -0.05) is 41.4 Å². The number of rotatable bonds is 9. The maximum absolute atomic E-state index is 12.8. The Bertz CT molecular complexity index is 999. The van der Waals surface area contributed by atoms with E-state index in [2.05, 4.69) is 10.2 Å². The zero-order valence-corrected chi connectivity index (χ0v) is 17.6. The van der Waals surface area contributed by atoms with Crippen molar-refractivity contribution in [1.29, 1.82) is 0 Å². The van der Waals surface area contributed by atoms with Crippen LogP contribution in [0.1, 0.15) is 37.1 Å². The maximum Gasteiger partial charge on any atom is 0.249 e. The highest BCUT2D eigenvalue weighted by atomic mass is 35.5. The molecule has 0 unspecified atom stereocenters. The molecule has 7 heteroatoms. The van der Waals surface area contributed by atoms with Crippen molar-refractivity contribution in [1.82, 2.24) is 15.1 Å². The van der Waals surface area contributed by atoms with Gasteiger partial charge >= 0.3 is 0 Å². The Morgan fingerprint density at radius 1 is 1.17 bits per heavy atom. The van der Waals surface area contributed by atoms with Gasteiger partial charge in [-0.05, 0) is 50.5 Å². The molecule has 6 nitrogen and oxygen atoms in total. The molecule has 1 heterocycles. The van der Waals surface area contributed by atoms with E-state index in [9.17, 15) is 4.79 Å². The molecule has 30 heavy (non-hydrogen) atoms. The van der Waals surface area contributed by atoms with Crippen LogP contribution >= 0.6 is 11.6 Å². The first-order chi connectivity index (χ1) is 14.6. The molecular weight excluding hydrogens is 402 g/mol. The summed E-state index contributed by atoms with van der Waals surface area (Å²) in [6.45, 7) is 2.86. The van der Waals surface area contributed by atoms with Gasteiger partial charge in [0.1, 0.15) is 5.75 Å². The van der Waals surface area contributed by atoms with Gasteiger partial charge < -0.3 is 14.1 Å². The average molecular weight is 426 g/mol. The summed E-state index contributed by atoms with van der Waals surface area (Å²) in [7, 11) is 0. The van der Waals surface area contributed by atoms with E-state index >= 15 is 0 Å². The Labute approximate surface area is 180 Å². The molecule has 0 saturated heterocycles. The molecule has 0 bridgehead atoms. The van der Waals surface area contributed by atoms with E-state index in [1.807, 2.05) is 54.3 Å². The van der Waals surface area contributed by atoms with Crippen molar-refractivity contribution in [2.45, 2.75) is 45.2 Å². The highest BCUT2D eigenvalue weighted by molar-refractivity contribution is 6.33. The number of aryl methyl sites for hydroxylation is 1. The molecule has 4 rings (SSSR count). The minimum Gasteiger partial charge on any atom is -0.494 e. The van der Waals surface area contributed by atoms with Gasteiger partial charge in [-0.2, -0.15) is 0 Å². The van der Waals surface area contributed by atoms with Crippen molar-refractivity contribution >= 4 is 17.5 Å². The predicted octanol–water partition coefficient (Wildman–Crippen LogP) is 5.05. The molecule has 0 spiro atoms. The third-order valence-corrected chi connectivity index (χ3v) is 5.34. The lowest BCUT2D eigenvalue weighted by Gasteiger charge is -2.20. The van der Waals surface area contributed by atoms with E-state index in [1.165, 1.54) is 5.56 Å². The zero-order chi connectivity index (χ0) is 20.9. The van der Waals surface area contributed by atoms with Gasteiger partial charge in [-0.15, -0.1) is 10.2 Å². The Hall–Kier alpha value is -2.86. The van der Waals surface area contributed by atoms with Crippen LogP contribution in [0, 0.1) is 6.92 Å². The Morgan fingerprint density at radius 2 is 1.93 bits per heavy atom. The SMILES string of the molecule is Cc1ccc(OCCCC(=O)N(Cc2nnc(-c3ccccc3Cl)o2)C2CC2)cc1. The Morgan fingerprint density at radius 3 is 2.67 bits per heavy atom. The van der Waals surface area contributed by atoms with Gasteiger partial charge in [-0.25, -0.2) is 0 Å². The normalized spacial score (nSPS) is 13.3. The first kappa shape index (κ1) is 20.4. The van der Waals surface area contributed by atoms with Gasteiger partial charge in [0, 0.05) is 12.5 Å². The molecule has 0 radical (unpaired) electrons. The first-order valence-corrected chi connectivity index (χ1v) is 10.5. The second kappa shape index (κ2) is 9.30. The molecular formula is C23H24ClN3O3. The van der Waals surface area contributed by atoms with E-state index in [1.54, 1.807) is 6.07 Å². The number of benzene rings is 2. The molecule has 1 aliphatic carbocycles. The topological polar surface area (TPSA) is 68.5 Å². The van der Waals surface area contributed by atoms with Gasteiger partial charge in [0.2, 0.25) is 17.7 Å². The summed E-state index contributed by atoms with van der Waals surface area (Å²) in [5, 5.41) is 8.76. The lowest BCUT2D eigenvalue weighted by molar-refractivity contribution is -0.133. The summed E-state index contributed by atoms with van der Waals surface area (Å²) in [6, 6.07) is 15.5. The fourth-order valence-corrected chi connectivity index (χ4v) is 3.42. The van der Waals surface area contributed by atoms with E-state index in [4.69, 9.17) is 20.8 Å². The van der Waals surface area contributed by atoms with Crippen LogP contribution in [0.5, 0.6) is 5.75 Å². The molecule has 156 valence electrons. The Kier molecular flexibility index (Phi) is 6.33. The summed E-state index contributed by atoms with van der Waals surface area (Å²) in [5.74, 6) is 1.69. The van der Waals surface area contributed by atoms with Crippen LogP contribution in [0.3, 0.4) is 0 Å². The molecule has 0 atom stereocenters. The fourth-order valence-electron chi connectivity index (χ4n) is 3.21. The molecule has 1 saturated carbocycles. The molecule has 1 aromatic heterocycles. The number of hydrogen-bond donors (Lipinski definition) is 0. The number of aromatic nitrogens is 2. The molecule has 2 aromatic carbocycles. The Balaban J connectivity index is 1.31. The monoisotopic (exact) mass is 425 g/mol. The van der Waals surface area contributed by atoms with Gasteiger partial charge in [0.15, 0.2) is 0 Å². The third-order valence-electron chi connectivity index (χ3n) is 5.01. The smallest absolute Gasteiger partial charge is 0.249 e. The second-order valence-corrected chi connectivity index (χ2v) is 7.91. The van der Waals surface area contributed by atoms with Crippen LogP contribution in [0.15, 0.2) is 52.9 Å². The molecule has 1 aliphatic rings. The van der Waals surface area contributed by atoms with E-state index in [0.717, 1.165) is 18.6 Å². The van der Waals surface area contributed by atoms with Crippen molar-refractivity contribution in [3.8, 4) is 17.2 Å². The van der Waals surface area contributed by atoms with Crippen LogP contribution < -0.4 is 4.74 Å². The van der Waals surface area contributed by atoms with Crippen molar-refractivity contribution in [3.05, 3.63) is 65.0 Å².